The first-order valence-electron chi connectivity index (χ1n) is 8.75. The molecule has 2 atom stereocenters. The van der Waals surface area contributed by atoms with Gasteiger partial charge in [0.1, 0.15) is 0 Å². The molecule has 2 unspecified atom stereocenters. The third kappa shape index (κ3) is 4.21. The number of nitrogens with one attached hydrogen (secondary N) is 1. The SMILES string of the molecule is CCC(CN(CC)c1ccccc1)S1(C(=CC(=O)O)C(=O)O)CC=NC1=N. The quantitative estimate of drug-likeness (QED) is 0.560. The molecule has 0 amide bonds. The Morgan fingerprint density at radius 3 is 2.41 bits per heavy atom. The molecule has 3 N–H and O–H groups in total. The van der Waals surface area contributed by atoms with E-state index in [1.165, 1.54) is 0 Å². The highest BCUT2D eigenvalue weighted by atomic mass is 32.3. The van der Waals surface area contributed by atoms with E-state index in [4.69, 9.17) is 5.41 Å². The Kier molecular flexibility index (Phi) is 6.79. The maximum Gasteiger partial charge on any atom is 0.341 e. The molecule has 0 aliphatic carbocycles. The lowest BCUT2D eigenvalue weighted by molar-refractivity contribution is -0.134. The lowest BCUT2D eigenvalue weighted by Gasteiger charge is -2.44. The van der Waals surface area contributed by atoms with Gasteiger partial charge in [0.15, 0.2) is 5.17 Å². The number of para-hydroxylation sites is 1. The minimum absolute atomic E-state index is 0.00614. The Morgan fingerprint density at radius 2 is 1.96 bits per heavy atom. The van der Waals surface area contributed by atoms with Gasteiger partial charge >= 0.3 is 11.9 Å². The molecule has 1 heterocycles. The zero-order valence-electron chi connectivity index (χ0n) is 15.5. The average molecular weight is 391 g/mol. The highest BCUT2D eigenvalue weighted by Gasteiger charge is 2.45. The number of aliphatic carboxylic acids is 2. The van der Waals surface area contributed by atoms with Crippen molar-refractivity contribution in [2.75, 3.05) is 23.7 Å². The summed E-state index contributed by atoms with van der Waals surface area (Å²) in [6, 6.07) is 9.78. The van der Waals surface area contributed by atoms with E-state index < -0.39 is 22.0 Å². The van der Waals surface area contributed by atoms with Crippen LogP contribution < -0.4 is 4.90 Å². The number of carboxylic acids is 2. The Morgan fingerprint density at radius 1 is 1.30 bits per heavy atom. The van der Waals surface area contributed by atoms with E-state index in [1.54, 1.807) is 6.21 Å². The lowest BCUT2D eigenvalue weighted by atomic mass is 10.2. The van der Waals surface area contributed by atoms with Crippen LogP contribution in [0.2, 0.25) is 0 Å². The van der Waals surface area contributed by atoms with Crippen LogP contribution in [0.3, 0.4) is 0 Å². The minimum Gasteiger partial charge on any atom is -0.478 e. The van der Waals surface area contributed by atoms with Gasteiger partial charge in [0.05, 0.1) is 4.91 Å². The van der Waals surface area contributed by atoms with Crippen molar-refractivity contribution in [2.45, 2.75) is 25.5 Å². The van der Waals surface area contributed by atoms with Crippen molar-refractivity contribution in [3.8, 4) is 0 Å². The smallest absolute Gasteiger partial charge is 0.341 e. The molecule has 8 heteroatoms. The van der Waals surface area contributed by atoms with E-state index in [-0.39, 0.29) is 15.3 Å². The highest BCUT2D eigenvalue weighted by Crippen LogP contribution is 2.63. The predicted octanol–water partition coefficient (Wildman–Crippen LogP) is 3.17. The number of nitrogens with zero attached hydrogens (tertiary/aromatic N) is 2. The summed E-state index contributed by atoms with van der Waals surface area (Å²) in [6.07, 6.45) is 2.93. The van der Waals surface area contributed by atoms with Crippen LogP contribution in [0.1, 0.15) is 20.3 Å². The van der Waals surface area contributed by atoms with Crippen molar-refractivity contribution in [3.63, 3.8) is 0 Å². The Bertz CT molecular complexity index is 778. The number of hydrogen-bond donors (Lipinski definition) is 3. The molecule has 1 aromatic carbocycles. The van der Waals surface area contributed by atoms with Gasteiger partial charge in [0.2, 0.25) is 0 Å². The van der Waals surface area contributed by atoms with Crippen molar-refractivity contribution in [1.29, 1.82) is 5.41 Å². The van der Waals surface area contributed by atoms with Gasteiger partial charge < -0.3 is 15.1 Å². The maximum absolute atomic E-state index is 11.9. The fourth-order valence-corrected chi connectivity index (χ4v) is 7.05. The highest BCUT2D eigenvalue weighted by molar-refractivity contribution is 8.49. The molecule has 2 rings (SSSR count). The topological polar surface area (TPSA) is 114 Å². The Labute approximate surface area is 160 Å². The van der Waals surface area contributed by atoms with Crippen LogP contribution in [-0.2, 0) is 9.59 Å². The predicted molar refractivity (Wildman–Crippen MR) is 110 cm³/mol. The van der Waals surface area contributed by atoms with Crippen molar-refractivity contribution in [2.24, 2.45) is 4.99 Å². The van der Waals surface area contributed by atoms with Gasteiger partial charge in [-0.2, -0.15) is 0 Å². The molecule has 0 aromatic heterocycles. The number of hydrogen-bond acceptors (Lipinski definition) is 4. The molecule has 1 aliphatic heterocycles. The minimum atomic E-state index is -2.38. The lowest BCUT2D eigenvalue weighted by Crippen LogP contribution is -2.39. The monoisotopic (exact) mass is 391 g/mol. The van der Waals surface area contributed by atoms with Gasteiger partial charge in [0.25, 0.3) is 0 Å². The van der Waals surface area contributed by atoms with Crippen molar-refractivity contribution >= 4 is 39.0 Å². The summed E-state index contributed by atoms with van der Waals surface area (Å²) in [4.78, 5) is 29.2. The van der Waals surface area contributed by atoms with Gasteiger partial charge in [-0.05, 0) is 25.5 Å². The summed E-state index contributed by atoms with van der Waals surface area (Å²) in [5, 5.41) is 27.1. The number of carboxylic acid groups (broad SMARTS) is 2. The second kappa shape index (κ2) is 8.85. The van der Waals surface area contributed by atoms with Crippen LogP contribution in [0.5, 0.6) is 0 Å². The molecule has 0 spiro atoms. The second-order valence-corrected chi connectivity index (χ2v) is 9.55. The first kappa shape index (κ1) is 20.7. The summed E-state index contributed by atoms with van der Waals surface area (Å²) in [6.45, 7) is 5.21. The molecular formula is C19H25N3O4S. The molecule has 7 nitrogen and oxygen atoms in total. The molecule has 1 aromatic rings. The largest absolute Gasteiger partial charge is 0.478 e. The summed E-state index contributed by atoms with van der Waals surface area (Å²) < 4.78 is 0. The number of aliphatic imine (C=N–C) groups is 1. The number of amidine groups is 1. The molecular weight excluding hydrogens is 366 g/mol. The fourth-order valence-electron chi connectivity index (χ4n) is 3.36. The molecule has 0 saturated heterocycles. The third-order valence-electron chi connectivity index (χ3n) is 4.70. The summed E-state index contributed by atoms with van der Waals surface area (Å²) in [7, 11) is -2.38. The zero-order chi connectivity index (χ0) is 20.0. The van der Waals surface area contributed by atoms with E-state index in [0.717, 1.165) is 18.3 Å². The molecule has 0 fully saturated rings. The summed E-state index contributed by atoms with van der Waals surface area (Å²) in [5.74, 6) is -2.31. The van der Waals surface area contributed by atoms with Gasteiger partial charge in [0, 0.05) is 42.1 Å². The number of carbonyl (C=O) groups is 2. The van der Waals surface area contributed by atoms with E-state index in [1.807, 2.05) is 44.2 Å². The zero-order valence-corrected chi connectivity index (χ0v) is 16.3. The van der Waals surface area contributed by atoms with Gasteiger partial charge in [-0.25, -0.2) is 14.6 Å². The third-order valence-corrected chi connectivity index (χ3v) is 8.87. The van der Waals surface area contributed by atoms with Crippen LogP contribution in [0, 0.1) is 5.41 Å². The standard InChI is InChI=1S/C19H25N3O4S/c1-3-15(13-22(4-2)14-8-6-5-7-9-14)27(11-10-21-19(27)20)16(18(25)26)12-17(23)24/h5-10,12,15,20H,3-4,11,13H2,1-2H3,(H,23,24)(H,25,26). The van der Waals surface area contributed by atoms with Gasteiger partial charge in [-0.1, -0.05) is 25.1 Å². The number of benzene rings is 1. The van der Waals surface area contributed by atoms with Crippen LogP contribution in [0.4, 0.5) is 5.69 Å². The molecule has 0 bridgehead atoms. The van der Waals surface area contributed by atoms with Crippen molar-refractivity contribution in [1.82, 2.24) is 0 Å². The first-order chi connectivity index (χ1) is 12.9. The number of anilines is 1. The molecule has 146 valence electrons. The fraction of sp³-hybridized carbons (Fsp3) is 0.368. The maximum atomic E-state index is 11.9. The Balaban J connectivity index is 2.49. The van der Waals surface area contributed by atoms with E-state index >= 15 is 0 Å². The van der Waals surface area contributed by atoms with Crippen LogP contribution in [0.25, 0.3) is 0 Å². The summed E-state index contributed by atoms with van der Waals surface area (Å²) in [5.41, 5.74) is 1.01. The molecule has 0 saturated carbocycles. The first-order valence-corrected chi connectivity index (χ1v) is 10.6. The normalized spacial score (nSPS) is 22.9. The second-order valence-electron chi connectivity index (χ2n) is 6.13. The summed E-state index contributed by atoms with van der Waals surface area (Å²) >= 11 is 0. The van der Waals surface area contributed by atoms with E-state index in [2.05, 4.69) is 9.89 Å². The van der Waals surface area contributed by atoms with E-state index in [0.29, 0.717) is 18.7 Å². The molecule has 27 heavy (non-hydrogen) atoms. The molecule has 1 aliphatic rings. The van der Waals surface area contributed by atoms with Crippen LogP contribution in [-0.4, -0.2) is 57.6 Å². The van der Waals surface area contributed by atoms with Gasteiger partial charge in [-0.3, -0.25) is 5.41 Å². The van der Waals surface area contributed by atoms with Crippen LogP contribution >= 0.6 is 10.0 Å². The van der Waals surface area contributed by atoms with Crippen LogP contribution in [0.15, 0.2) is 46.3 Å². The molecule has 0 radical (unpaired) electrons. The Hall–Kier alpha value is -2.61. The van der Waals surface area contributed by atoms with Crippen molar-refractivity contribution in [3.05, 3.63) is 41.3 Å². The van der Waals surface area contributed by atoms with Gasteiger partial charge in [-0.15, -0.1) is 10.0 Å². The number of rotatable bonds is 9. The average Bonchev–Trinajstić information content (AvgIpc) is 3.03. The van der Waals surface area contributed by atoms with E-state index in [9.17, 15) is 19.8 Å². The van der Waals surface area contributed by atoms with Crippen molar-refractivity contribution < 1.29 is 19.8 Å².